The second-order valence-corrected chi connectivity index (χ2v) is 9.16. The van der Waals surface area contributed by atoms with Gasteiger partial charge < -0.3 is 5.11 Å². The number of unbranched alkanes of at least 4 members (excludes halogenated alkanes) is 14. The Kier molecular flexibility index (Phi) is 18.0. The van der Waals surface area contributed by atoms with Crippen molar-refractivity contribution in [1.29, 1.82) is 0 Å². The quantitative estimate of drug-likeness (QED) is 0.156. The first-order chi connectivity index (χ1) is 15.2. The van der Waals surface area contributed by atoms with Gasteiger partial charge >= 0.3 is 5.97 Å². The van der Waals surface area contributed by atoms with Gasteiger partial charge in [-0.1, -0.05) is 126 Å². The third kappa shape index (κ3) is 16.8. The van der Waals surface area contributed by atoms with Crippen molar-refractivity contribution in [3.8, 4) is 0 Å². The minimum atomic E-state index is -0.648. The Morgan fingerprint density at radius 3 is 1.74 bits per heavy atom. The lowest BCUT2D eigenvalue weighted by atomic mass is 9.93. The van der Waals surface area contributed by atoms with E-state index in [2.05, 4.69) is 19.1 Å². The first kappa shape index (κ1) is 27.5. The summed E-state index contributed by atoms with van der Waals surface area (Å²) < 4.78 is 0. The van der Waals surface area contributed by atoms with Crippen molar-refractivity contribution in [2.45, 2.75) is 122 Å². The molecule has 0 fully saturated rings. The fourth-order valence-corrected chi connectivity index (χ4v) is 4.20. The molecule has 0 amide bonds. The van der Waals surface area contributed by atoms with Crippen molar-refractivity contribution in [3.63, 3.8) is 0 Å². The average Bonchev–Trinajstić information content (AvgIpc) is 2.78. The fourth-order valence-electron chi connectivity index (χ4n) is 4.20. The SMILES string of the molecule is CCCCCCCC/C=C\CCCCCCCCCCC(Cc1ccccc1)C(=O)O. The Morgan fingerprint density at radius 1 is 0.742 bits per heavy atom. The van der Waals surface area contributed by atoms with Gasteiger partial charge in [-0.2, -0.15) is 0 Å². The predicted octanol–water partition coefficient (Wildman–Crippen LogP) is 9.14. The summed E-state index contributed by atoms with van der Waals surface area (Å²) in [6.45, 7) is 2.27. The molecule has 1 rings (SSSR count). The normalized spacial score (nSPS) is 12.4. The molecule has 1 aromatic carbocycles. The highest BCUT2D eigenvalue weighted by molar-refractivity contribution is 5.70. The van der Waals surface area contributed by atoms with E-state index in [4.69, 9.17) is 0 Å². The van der Waals surface area contributed by atoms with Crippen LogP contribution >= 0.6 is 0 Å². The van der Waals surface area contributed by atoms with E-state index in [0.717, 1.165) is 18.4 Å². The van der Waals surface area contributed by atoms with Gasteiger partial charge in [-0.15, -0.1) is 0 Å². The predicted molar refractivity (Wildman–Crippen MR) is 135 cm³/mol. The third-order valence-electron chi connectivity index (χ3n) is 6.24. The van der Waals surface area contributed by atoms with Gasteiger partial charge in [0.25, 0.3) is 0 Å². The molecule has 0 aromatic heterocycles. The molecule has 1 atom stereocenters. The number of carboxylic acids is 1. The van der Waals surface area contributed by atoms with Gasteiger partial charge in [-0.05, 0) is 44.1 Å². The lowest BCUT2D eigenvalue weighted by Gasteiger charge is -2.12. The Balaban J connectivity index is 1.88. The molecular formula is C29H48O2. The molecule has 0 aliphatic heterocycles. The largest absolute Gasteiger partial charge is 0.481 e. The van der Waals surface area contributed by atoms with Crippen molar-refractivity contribution in [2.75, 3.05) is 0 Å². The number of aliphatic carboxylic acids is 1. The van der Waals surface area contributed by atoms with Crippen LogP contribution in [0.3, 0.4) is 0 Å². The molecule has 0 bridgehead atoms. The zero-order valence-corrected chi connectivity index (χ0v) is 20.2. The lowest BCUT2D eigenvalue weighted by Crippen LogP contribution is -2.16. The van der Waals surface area contributed by atoms with Crippen molar-refractivity contribution in [1.82, 2.24) is 0 Å². The molecule has 31 heavy (non-hydrogen) atoms. The lowest BCUT2D eigenvalue weighted by molar-refractivity contribution is -0.142. The number of hydrogen-bond donors (Lipinski definition) is 1. The molecule has 0 aliphatic carbocycles. The summed E-state index contributed by atoms with van der Waals surface area (Å²) in [5.74, 6) is -0.888. The van der Waals surface area contributed by atoms with Crippen LogP contribution in [0.25, 0.3) is 0 Å². The molecule has 1 aromatic rings. The maximum Gasteiger partial charge on any atom is 0.306 e. The molecule has 0 saturated carbocycles. The second kappa shape index (κ2) is 20.3. The van der Waals surface area contributed by atoms with Crippen LogP contribution in [0.5, 0.6) is 0 Å². The maximum atomic E-state index is 11.5. The standard InChI is InChI=1S/C29H48O2/c1-2-3-4-5-6-7-8-9-10-11-12-13-14-15-16-17-18-22-25-28(29(30)31)26-27-23-20-19-21-24-27/h9-10,19-21,23-24,28H,2-8,11-18,22,25-26H2,1H3,(H,30,31)/b10-9-. The van der Waals surface area contributed by atoms with Crippen molar-refractivity contribution < 1.29 is 9.90 Å². The third-order valence-corrected chi connectivity index (χ3v) is 6.24. The fraction of sp³-hybridized carbons (Fsp3) is 0.690. The van der Waals surface area contributed by atoms with E-state index in [9.17, 15) is 9.90 Å². The van der Waals surface area contributed by atoms with Crippen molar-refractivity contribution in [2.24, 2.45) is 5.92 Å². The van der Waals surface area contributed by atoms with Crippen LogP contribution in [0, 0.1) is 5.92 Å². The van der Waals surface area contributed by atoms with Crippen molar-refractivity contribution >= 4 is 5.97 Å². The molecule has 0 radical (unpaired) electrons. The highest BCUT2D eigenvalue weighted by Gasteiger charge is 2.17. The summed E-state index contributed by atoms with van der Waals surface area (Å²) in [6, 6.07) is 10.0. The van der Waals surface area contributed by atoms with Gasteiger partial charge in [0.15, 0.2) is 0 Å². The summed E-state index contributed by atoms with van der Waals surface area (Å²) in [6.07, 6.45) is 27.2. The first-order valence-corrected chi connectivity index (χ1v) is 13.2. The highest BCUT2D eigenvalue weighted by Crippen LogP contribution is 2.18. The van der Waals surface area contributed by atoms with E-state index < -0.39 is 5.97 Å². The number of benzene rings is 1. The van der Waals surface area contributed by atoms with E-state index in [0.29, 0.717) is 6.42 Å². The first-order valence-electron chi connectivity index (χ1n) is 13.2. The Morgan fingerprint density at radius 2 is 1.23 bits per heavy atom. The molecule has 0 spiro atoms. The second-order valence-electron chi connectivity index (χ2n) is 9.16. The summed E-state index contributed by atoms with van der Waals surface area (Å²) in [5, 5.41) is 9.47. The number of rotatable bonds is 21. The molecule has 2 heteroatoms. The van der Waals surface area contributed by atoms with E-state index in [-0.39, 0.29) is 5.92 Å². The minimum absolute atomic E-state index is 0.239. The van der Waals surface area contributed by atoms with Gasteiger partial charge in [0.1, 0.15) is 0 Å². The van der Waals surface area contributed by atoms with Gasteiger partial charge in [0.05, 0.1) is 5.92 Å². The van der Waals surface area contributed by atoms with Crippen LogP contribution in [0.2, 0.25) is 0 Å². The Labute approximate surface area is 192 Å². The summed E-state index contributed by atoms with van der Waals surface area (Å²) >= 11 is 0. The molecule has 1 N–H and O–H groups in total. The maximum absolute atomic E-state index is 11.5. The molecule has 2 nitrogen and oxygen atoms in total. The van der Waals surface area contributed by atoms with E-state index in [1.54, 1.807) is 0 Å². The van der Waals surface area contributed by atoms with Crippen LogP contribution in [0.1, 0.15) is 122 Å². The topological polar surface area (TPSA) is 37.3 Å². The summed E-state index contributed by atoms with van der Waals surface area (Å²) in [7, 11) is 0. The van der Waals surface area contributed by atoms with Crippen LogP contribution in [0.15, 0.2) is 42.5 Å². The molecule has 0 heterocycles. The van der Waals surface area contributed by atoms with Crippen LogP contribution in [-0.4, -0.2) is 11.1 Å². The zero-order valence-electron chi connectivity index (χ0n) is 20.2. The van der Waals surface area contributed by atoms with Gasteiger partial charge in [0.2, 0.25) is 0 Å². The Hall–Kier alpha value is -1.57. The monoisotopic (exact) mass is 428 g/mol. The molecular weight excluding hydrogens is 380 g/mol. The molecule has 1 unspecified atom stereocenters. The molecule has 176 valence electrons. The minimum Gasteiger partial charge on any atom is -0.481 e. The summed E-state index contributed by atoms with van der Waals surface area (Å²) in [4.78, 5) is 11.5. The molecule has 0 saturated heterocycles. The summed E-state index contributed by atoms with van der Waals surface area (Å²) in [5.41, 5.74) is 1.13. The number of hydrogen-bond acceptors (Lipinski definition) is 1. The molecule has 0 aliphatic rings. The number of allylic oxidation sites excluding steroid dienone is 2. The van der Waals surface area contributed by atoms with E-state index in [1.807, 2.05) is 30.3 Å². The smallest absolute Gasteiger partial charge is 0.306 e. The van der Waals surface area contributed by atoms with Crippen LogP contribution in [-0.2, 0) is 11.2 Å². The van der Waals surface area contributed by atoms with Gasteiger partial charge in [-0.3, -0.25) is 4.79 Å². The Bertz CT molecular complexity index is 549. The van der Waals surface area contributed by atoms with Crippen LogP contribution in [0.4, 0.5) is 0 Å². The average molecular weight is 429 g/mol. The van der Waals surface area contributed by atoms with Crippen molar-refractivity contribution in [3.05, 3.63) is 48.0 Å². The number of carbonyl (C=O) groups is 1. The van der Waals surface area contributed by atoms with Crippen LogP contribution < -0.4 is 0 Å². The van der Waals surface area contributed by atoms with E-state index in [1.165, 1.54) is 96.3 Å². The zero-order chi connectivity index (χ0) is 22.4. The van der Waals surface area contributed by atoms with Gasteiger partial charge in [-0.25, -0.2) is 0 Å². The van der Waals surface area contributed by atoms with E-state index >= 15 is 0 Å². The highest BCUT2D eigenvalue weighted by atomic mass is 16.4. The van der Waals surface area contributed by atoms with Gasteiger partial charge in [0, 0.05) is 0 Å². The number of carboxylic acid groups (broad SMARTS) is 1.